The maximum Gasteiger partial charge on any atom is 0.408 e. The van der Waals surface area contributed by atoms with E-state index in [-0.39, 0.29) is 12.1 Å². The number of benzene rings is 1. The van der Waals surface area contributed by atoms with E-state index in [0.717, 1.165) is 0 Å². The van der Waals surface area contributed by atoms with Gasteiger partial charge in [-0.15, -0.1) is 0 Å². The van der Waals surface area contributed by atoms with Crippen LogP contribution in [0.2, 0.25) is 0 Å². The van der Waals surface area contributed by atoms with Gasteiger partial charge in [-0.3, -0.25) is 14.1 Å². The van der Waals surface area contributed by atoms with Crippen LogP contribution in [0.25, 0.3) is 0 Å². The van der Waals surface area contributed by atoms with E-state index in [1.54, 1.807) is 32.9 Å². The number of nitrogens with one attached hydrogen (secondary N) is 3. The van der Waals surface area contributed by atoms with Crippen molar-refractivity contribution in [2.24, 2.45) is 0 Å². The maximum absolute atomic E-state index is 12.0. The first kappa shape index (κ1) is 20.7. The van der Waals surface area contributed by atoms with Gasteiger partial charge in [0.1, 0.15) is 11.6 Å². The number of alkyl carbamates (subject to hydrolysis) is 1. The highest BCUT2D eigenvalue weighted by Crippen LogP contribution is 2.13. The largest absolute Gasteiger partial charge is 0.444 e. The molecular formula is C15H23N3O6S. The number of likely N-dealkylation sites (N-methyl/N-ethyl adjacent to an activating group) is 1. The smallest absolute Gasteiger partial charge is 0.408 e. The Labute approximate surface area is 147 Å². The van der Waals surface area contributed by atoms with Gasteiger partial charge in [-0.1, -0.05) is 12.1 Å². The first-order chi connectivity index (χ1) is 11.4. The summed E-state index contributed by atoms with van der Waals surface area (Å²) >= 11 is 0. The second kappa shape index (κ2) is 8.17. The highest BCUT2D eigenvalue weighted by Gasteiger charge is 2.24. The number of amides is 2. The number of carbonyl (C=O) groups excluding carboxylic acids is 2. The number of ether oxygens (including phenoxy) is 1. The van der Waals surface area contributed by atoms with Crippen LogP contribution >= 0.6 is 0 Å². The van der Waals surface area contributed by atoms with E-state index in [1.165, 1.54) is 19.2 Å². The zero-order valence-electron chi connectivity index (χ0n) is 14.5. The average molecular weight is 373 g/mol. The highest BCUT2D eigenvalue weighted by atomic mass is 32.2. The molecule has 1 rings (SSSR count). The molecule has 1 atom stereocenters. The standard InChI is InChI=1S/C15H23N3O6S/c1-15(2,3)24-14(20)17-12(13(19)16-4)9-10-5-7-11(8-6-10)18-25(21,22)23/h5-8,12,18H,9H2,1-4H3,(H,16,19)(H,17,20)(H,21,22,23)/t12-/m0/s1. The van der Waals surface area contributed by atoms with E-state index in [9.17, 15) is 18.0 Å². The van der Waals surface area contributed by atoms with Crippen molar-refractivity contribution in [2.45, 2.75) is 38.8 Å². The molecule has 0 saturated carbocycles. The van der Waals surface area contributed by atoms with E-state index in [1.807, 2.05) is 4.72 Å². The summed E-state index contributed by atoms with van der Waals surface area (Å²) in [6.45, 7) is 5.13. The number of anilines is 1. The van der Waals surface area contributed by atoms with Crippen LogP contribution in [-0.4, -0.2) is 43.7 Å². The summed E-state index contributed by atoms with van der Waals surface area (Å²) < 4.78 is 37.3. The molecule has 0 heterocycles. The lowest BCUT2D eigenvalue weighted by Gasteiger charge is -2.23. The van der Waals surface area contributed by atoms with Gasteiger partial charge in [-0.25, -0.2) is 4.79 Å². The SMILES string of the molecule is CNC(=O)[C@H](Cc1ccc(NS(=O)(=O)O)cc1)NC(=O)OC(C)(C)C. The Morgan fingerprint density at radius 3 is 2.20 bits per heavy atom. The third-order valence-corrected chi connectivity index (χ3v) is 3.39. The fourth-order valence-corrected chi connectivity index (χ4v) is 2.36. The zero-order chi connectivity index (χ0) is 19.3. The Morgan fingerprint density at radius 1 is 1.20 bits per heavy atom. The second-order valence-corrected chi connectivity index (χ2v) is 7.45. The Hall–Kier alpha value is -2.33. The molecule has 0 unspecified atom stereocenters. The van der Waals surface area contributed by atoms with Crippen molar-refractivity contribution in [2.75, 3.05) is 11.8 Å². The molecule has 0 fully saturated rings. The van der Waals surface area contributed by atoms with Crippen molar-refractivity contribution in [3.63, 3.8) is 0 Å². The van der Waals surface area contributed by atoms with E-state index in [0.29, 0.717) is 5.56 Å². The van der Waals surface area contributed by atoms with Crippen molar-refractivity contribution in [1.29, 1.82) is 0 Å². The van der Waals surface area contributed by atoms with E-state index in [2.05, 4.69) is 10.6 Å². The van der Waals surface area contributed by atoms with Gasteiger partial charge in [0.2, 0.25) is 5.91 Å². The summed E-state index contributed by atoms with van der Waals surface area (Å²) in [6.07, 6.45) is -0.545. The molecule has 25 heavy (non-hydrogen) atoms. The monoisotopic (exact) mass is 373 g/mol. The minimum Gasteiger partial charge on any atom is -0.444 e. The van der Waals surface area contributed by atoms with Gasteiger partial charge >= 0.3 is 16.4 Å². The van der Waals surface area contributed by atoms with Gasteiger partial charge in [0, 0.05) is 13.5 Å². The zero-order valence-corrected chi connectivity index (χ0v) is 15.3. The summed E-state index contributed by atoms with van der Waals surface area (Å²) in [5.74, 6) is -0.397. The predicted molar refractivity (Wildman–Crippen MR) is 92.5 cm³/mol. The van der Waals surface area contributed by atoms with Crippen molar-refractivity contribution in [3.05, 3.63) is 29.8 Å². The minimum absolute atomic E-state index is 0.169. The number of carbonyl (C=O) groups is 2. The van der Waals surface area contributed by atoms with E-state index in [4.69, 9.17) is 9.29 Å². The van der Waals surface area contributed by atoms with Crippen LogP contribution in [-0.2, 0) is 26.3 Å². The van der Waals surface area contributed by atoms with Gasteiger partial charge in [-0.2, -0.15) is 8.42 Å². The molecule has 9 nitrogen and oxygen atoms in total. The molecule has 0 radical (unpaired) electrons. The fraction of sp³-hybridized carbons (Fsp3) is 0.467. The Kier molecular flexibility index (Phi) is 6.77. The number of hydrogen-bond acceptors (Lipinski definition) is 5. The summed E-state index contributed by atoms with van der Waals surface area (Å²) in [6, 6.07) is 5.13. The third-order valence-electron chi connectivity index (χ3n) is 2.89. The minimum atomic E-state index is -4.35. The molecule has 140 valence electrons. The summed E-state index contributed by atoms with van der Waals surface area (Å²) in [4.78, 5) is 23.8. The highest BCUT2D eigenvalue weighted by molar-refractivity contribution is 7.87. The molecule has 2 amide bonds. The molecule has 1 aromatic carbocycles. The molecule has 0 aliphatic carbocycles. The van der Waals surface area contributed by atoms with Crippen molar-refractivity contribution in [3.8, 4) is 0 Å². The van der Waals surface area contributed by atoms with E-state index >= 15 is 0 Å². The van der Waals surface area contributed by atoms with Crippen LogP contribution in [0.15, 0.2) is 24.3 Å². The van der Waals surface area contributed by atoms with Crippen LogP contribution < -0.4 is 15.4 Å². The first-order valence-corrected chi connectivity index (χ1v) is 8.89. The Morgan fingerprint density at radius 2 is 1.76 bits per heavy atom. The lowest BCUT2D eigenvalue weighted by molar-refractivity contribution is -0.122. The molecule has 1 aromatic rings. The summed E-state index contributed by atoms with van der Waals surface area (Å²) in [5, 5.41) is 4.96. The molecule has 0 spiro atoms. The van der Waals surface area contributed by atoms with Gasteiger partial charge in [-0.05, 0) is 38.5 Å². The predicted octanol–water partition coefficient (Wildman–Crippen LogP) is 1.08. The van der Waals surface area contributed by atoms with Crippen LogP contribution in [0.1, 0.15) is 26.3 Å². The second-order valence-electron chi connectivity index (χ2n) is 6.29. The van der Waals surface area contributed by atoms with Gasteiger partial charge < -0.3 is 15.4 Å². The third kappa shape index (κ3) is 8.36. The lowest BCUT2D eigenvalue weighted by Crippen LogP contribution is -2.48. The normalized spacial score (nSPS) is 12.8. The van der Waals surface area contributed by atoms with Gasteiger partial charge in [0.15, 0.2) is 0 Å². The summed E-state index contributed by atoms with van der Waals surface area (Å²) in [5.41, 5.74) is 0.147. The van der Waals surface area contributed by atoms with Crippen LogP contribution in [0, 0.1) is 0 Å². The molecule has 10 heteroatoms. The van der Waals surface area contributed by atoms with Crippen LogP contribution in [0.3, 0.4) is 0 Å². The van der Waals surface area contributed by atoms with Crippen molar-refractivity contribution >= 4 is 28.0 Å². The van der Waals surface area contributed by atoms with Crippen molar-refractivity contribution in [1.82, 2.24) is 10.6 Å². The topological polar surface area (TPSA) is 134 Å². The van der Waals surface area contributed by atoms with Crippen molar-refractivity contribution < 1.29 is 27.3 Å². The Balaban J connectivity index is 2.81. The molecule has 0 aromatic heterocycles. The summed E-state index contributed by atoms with van der Waals surface area (Å²) in [7, 11) is -2.90. The van der Waals surface area contributed by atoms with Crippen LogP contribution in [0.4, 0.5) is 10.5 Å². The molecule has 0 bridgehead atoms. The first-order valence-electron chi connectivity index (χ1n) is 7.45. The molecular weight excluding hydrogens is 350 g/mol. The number of hydrogen-bond donors (Lipinski definition) is 4. The molecule has 0 saturated heterocycles. The molecule has 0 aliphatic heterocycles. The van der Waals surface area contributed by atoms with Gasteiger partial charge in [0.05, 0.1) is 5.69 Å². The molecule has 0 aliphatic rings. The number of rotatable bonds is 6. The Bertz CT molecular complexity index is 710. The lowest BCUT2D eigenvalue weighted by atomic mass is 10.1. The maximum atomic E-state index is 12.0. The van der Waals surface area contributed by atoms with E-state index < -0.39 is 33.9 Å². The quantitative estimate of drug-likeness (QED) is 0.551. The fourth-order valence-electron chi connectivity index (χ4n) is 1.93. The van der Waals surface area contributed by atoms with Gasteiger partial charge in [0.25, 0.3) is 0 Å². The molecule has 4 N–H and O–H groups in total. The van der Waals surface area contributed by atoms with Crippen LogP contribution in [0.5, 0.6) is 0 Å². The average Bonchev–Trinajstić information content (AvgIpc) is 2.44.